The van der Waals surface area contributed by atoms with Crippen LogP contribution in [0.4, 0.5) is 0 Å². The Hall–Kier alpha value is -1.91. The Balaban J connectivity index is 1.80. The van der Waals surface area contributed by atoms with Crippen LogP contribution in [0.5, 0.6) is 0 Å². The highest BCUT2D eigenvalue weighted by molar-refractivity contribution is 5.97. The highest BCUT2D eigenvalue weighted by atomic mass is 16.4. The number of hydrogen-bond donors (Lipinski definition) is 1. The van der Waals surface area contributed by atoms with Crippen molar-refractivity contribution in [2.75, 3.05) is 6.54 Å². The van der Waals surface area contributed by atoms with Crippen LogP contribution in [0.15, 0.2) is 18.3 Å². The van der Waals surface area contributed by atoms with Crippen LogP contribution in [0.25, 0.3) is 0 Å². The maximum Gasteiger partial charge on any atom is 0.354 e. The summed E-state index contributed by atoms with van der Waals surface area (Å²) in [7, 11) is 0. The Morgan fingerprint density at radius 1 is 1.19 bits per heavy atom. The molecule has 2 heterocycles. The van der Waals surface area contributed by atoms with E-state index in [9.17, 15) is 9.59 Å². The molecule has 0 spiro atoms. The van der Waals surface area contributed by atoms with Gasteiger partial charge >= 0.3 is 5.97 Å². The lowest BCUT2D eigenvalue weighted by molar-refractivity contribution is 0.0688. The second-order valence-corrected chi connectivity index (χ2v) is 5.99. The molecule has 112 valence electrons. The number of hydrogen-bond acceptors (Lipinski definition) is 3. The highest BCUT2D eigenvalue weighted by Crippen LogP contribution is 2.36. The predicted molar refractivity (Wildman–Crippen MR) is 77.2 cm³/mol. The summed E-state index contributed by atoms with van der Waals surface area (Å²) in [6, 6.07) is 3.33. The quantitative estimate of drug-likeness (QED) is 0.928. The lowest BCUT2D eigenvalue weighted by Crippen LogP contribution is -2.39. The van der Waals surface area contributed by atoms with E-state index in [1.165, 1.54) is 37.9 Å². The van der Waals surface area contributed by atoms with Crippen molar-refractivity contribution in [3.8, 4) is 0 Å². The Kier molecular flexibility index (Phi) is 3.90. The van der Waals surface area contributed by atoms with Gasteiger partial charge in [0.15, 0.2) is 0 Å². The van der Waals surface area contributed by atoms with E-state index in [4.69, 9.17) is 5.11 Å². The van der Waals surface area contributed by atoms with Gasteiger partial charge in [0.25, 0.3) is 5.91 Å². The number of aromatic nitrogens is 1. The smallest absolute Gasteiger partial charge is 0.354 e. The lowest BCUT2D eigenvalue weighted by atomic mass is 9.95. The molecule has 1 N–H and O–H groups in total. The molecule has 1 atom stereocenters. The van der Waals surface area contributed by atoms with E-state index in [-0.39, 0.29) is 11.6 Å². The van der Waals surface area contributed by atoms with Gasteiger partial charge in [-0.05, 0) is 43.7 Å². The van der Waals surface area contributed by atoms with E-state index < -0.39 is 5.97 Å². The monoisotopic (exact) mass is 288 g/mol. The Labute approximate surface area is 124 Å². The van der Waals surface area contributed by atoms with Crippen LogP contribution in [-0.4, -0.2) is 39.5 Å². The third kappa shape index (κ3) is 2.77. The highest BCUT2D eigenvalue weighted by Gasteiger charge is 2.36. The molecule has 1 aliphatic heterocycles. The number of rotatable bonds is 3. The second-order valence-electron chi connectivity index (χ2n) is 5.99. The van der Waals surface area contributed by atoms with E-state index in [0.717, 1.165) is 19.4 Å². The molecule has 1 saturated heterocycles. The average Bonchev–Trinajstić information content (AvgIpc) is 3.17. The molecule has 5 nitrogen and oxygen atoms in total. The van der Waals surface area contributed by atoms with Crippen molar-refractivity contribution in [1.29, 1.82) is 0 Å². The van der Waals surface area contributed by atoms with Crippen LogP contribution in [-0.2, 0) is 0 Å². The lowest BCUT2D eigenvalue weighted by Gasteiger charge is -2.29. The van der Waals surface area contributed by atoms with Gasteiger partial charge in [-0.1, -0.05) is 12.8 Å². The van der Waals surface area contributed by atoms with Gasteiger partial charge in [-0.15, -0.1) is 0 Å². The minimum atomic E-state index is -1.10. The maximum absolute atomic E-state index is 12.7. The summed E-state index contributed by atoms with van der Waals surface area (Å²) in [5.74, 6) is -0.523. The molecule has 1 unspecified atom stereocenters. The summed E-state index contributed by atoms with van der Waals surface area (Å²) in [4.78, 5) is 29.4. The van der Waals surface area contributed by atoms with Crippen LogP contribution in [0.1, 0.15) is 59.4 Å². The van der Waals surface area contributed by atoms with E-state index in [1.807, 2.05) is 4.90 Å². The van der Waals surface area contributed by atoms with Gasteiger partial charge in [-0.25, -0.2) is 9.78 Å². The molecule has 1 amide bonds. The first-order chi connectivity index (χ1) is 10.2. The fourth-order valence-corrected chi connectivity index (χ4v) is 3.72. The third-order valence-corrected chi connectivity index (χ3v) is 4.73. The zero-order valence-corrected chi connectivity index (χ0v) is 12.0. The van der Waals surface area contributed by atoms with E-state index in [0.29, 0.717) is 17.5 Å². The second kappa shape index (κ2) is 5.84. The van der Waals surface area contributed by atoms with Crippen LogP contribution in [0.3, 0.4) is 0 Å². The SMILES string of the molecule is O=C(O)c1cc(C(=O)N2CCCC2C2CCCC2)ccn1. The van der Waals surface area contributed by atoms with Crippen molar-refractivity contribution in [1.82, 2.24) is 9.88 Å². The van der Waals surface area contributed by atoms with Gasteiger partial charge in [-0.2, -0.15) is 0 Å². The van der Waals surface area contributed by atoms with Crippen LogP contribution < -0.4 is 0 Å². The molecule has 0 radical (unpaired) electrons. The summed E-state index contributed by atoms with van der Waals surface area (Å²) < 4.78 is 0. The zero-order chi connectivity index (χ0) is 14.8. The van der Waals surface area contributed by atoms with Gasteiger partial charge in [-0.3, -0.25) is 4.79 Å². The molecule has 1 aliphatic carbocycles. The van der Waals surface area contributed by atoms with Gasteiger partial charge in [0.1, 0.15) is 5.69 Å². The van der Waals surface area contributed by atoms with Gasteiger partial charge in [0.2, 0.25) is 0 Å². The molecule has 1 aromatic heterocycles. The average molecular weight is 288 g/mol. The number of likely N-dealkylation sites (tertiary alicyclic amines) is 1. The molecule has 1 saturated carbocycles. The summed E-state index contributed by atoms with van der Waals surface area (Å²) >= 11 is 0. The van der Waals surface area contributed by atoms with E-state index >= 15 is 0 Å². The standard InChI is InChI=1S/C16H20N2O3/c19-15(12-7-8-17-13(10-12)16(20)21)18-9-3-6-14(18)11-4-1-2-5-11/h7-8,10-11,14H,1-6,9H2,(H,20,21). The normalized spacial score (nSPS) is 22.7. The number of carbonyl (C=O) groups is 2. The summed E-state index contributed by atoms with van der Waals surface area (Å²) in [5.41, 5.74) is 0.366. The van der Waals surface area contributed by atoms with Gasteiger partial charge in [0, 0.05) is 24.3 Å². The number of carboxylic acids is 1. The zero-order valence-electron chi connectivity index (χ0n) is 12.0. The van der Waals surface area contributed by atoms with E-state index in [2.05, 4.69) is 4.98 Å². The van der Waals surface area contributed by atoms with Gasteiger partial charge < -0.3 is 10.0 Å². The fourth-order valence-electron chi connectivity index (χ4n) is 3.72. The topological polar surface area (TPSA) is 70.5 Å². The third-order valence-electron chi connectivity index (χ3n) is 4.73. The number of pyridine rings is 1. The first-order valence-corrected chi connectivity index (χ1v) is 7.67. The molecule has 3 rings (SSSR count). The summed E-state index contributed by atoms with van der Waals surface area (Å²) in [6.45, 7) is 0.782. The minimum absolute atomic E-state index is 0.0469. The van der Waals surface area contributed by atoms with Crippen molar-refractivity contribution < 1.29 is 14.7 Å². The molecule has 21 heavy (non-hydrogen) atoms. The van der Waals surface area contributed by atoms with Crippen molar-refractivity contribution in [2.24, 2.45) is 5.92 Å². The summed E-state index contributed by atoms with van der Waals surface area (Å²) in [5, 5.41) is 8.99. The van der Waals surface area contributed by atoms with Crippen LogP contribution >= 0.6 is 0 Å². The first-order valence-electron chi connectivity index (χ1n) is 7.67. The molecule has 1 aromatic rings. The van der Waals surface area contributed by atoms with Crippen LogP contribution in [0, 0.1) is 5.92 Å². The number of nitrogens with zero attached hydrogens (tertiary/aromatic N) is 2. The fraction of sp³-hybridized carbons (Fsp3) is 0.562. The molecule has 5 heteroatoms. The Morgan fingerprint density at radius 3 is 2.67 bits per heavy atom. The first kappa shape index (κ1) is 14.0. The summed E-state index contributed by atoms with van der Waals surface area (Å²) in [6.07, 6.45) is 8.48. The molecule has 2 aliphatic rings. The predicted octanol–water partition coefficient (Wildman–Crippen LogP) is 2.57. The molecule has 2 fully saturated rings. The molecular weight excluding hydrogens is 268 g/mol. The van der Waals surface area contributed by atoms with Crippen molar-refractivity contribution in [3.63, 3.8) is 0 Å². The largest absolute Gasteiger partial charge is 0.477 e. The molecule has 0 aromatic carbocycles. The number of aromatic carboxylic acids is 1. The number of carbonyl (C=O) groups excluding carboxylic acids is 1. The van der Waals surface area contributed by atoms with Crippen molar-refractivity contribution in [2.45, 2.75) is 44.6 Å². The van der Waals surface area contributed by atoms with Crippen molar-refractivity contribution >= 4 is 11.9 Å². The van der Waals surface area contributed by atoms with Crippen LogP contribution in [0.2, 0.25) is 0 Å². The Bertz CT molecular complexity index is 552. The Morgan fingerprint density at radius 2 is 1.95 bits per heavy atom. The number of amides is 1. The maximum atomic E-state index is 12.7. The van der Waals surface area contributed by atoms with Gasteiger partial charge in [0.05, 0.1) is 0 Å². The number of carboxylic acid groups (broad SMARTS) is 1. The molecule has 0 bridgehead atoms. The van der Waals surface area contributed by atoms with E-state index in [1.54, 1.807) is 6.07 Å². The minimum Gasteiger partial charge on any atom is -0.477 e. The molecular formula is C16H20N2O3. The van der Waals surface area contributed by atoms with Crippen molar-refractivity contribution in [3.05, 3.63) is 29.6 Å².